The molecule has 1 saturated heterocycles. The lowest BCUT2D eigenvalue weighted by Crippen LogP contribution is -2.38. The highest BCUT2D eigenvalue weighted by Gasteiger charge is 2.40. The van der Waals surface area contributed by atoms with E-state index in [2.05, 4.69) is 29.0 Å². The SMILES string of the molecule is CC(C)c1nc2c(c(N3C[C@H]4CC[C@H]3C4)n1)CCNC2=O. The number of aromatic nitrogens is 2. The lowest BCUT2D eigenvalue weighted by Gasteiger charge is -2.32. The molecular formula is C16H22N4O. The van der Waals surface area contributed by atoms with Gasteiger partial charge < -0.3 is 10.2 Å². The van der Waals surface area contributed by atoms with Crippen LogP contribution in [-0.4, -0.2) is 35.0 Å². The Morgan fingerprint density at radius 1 is 1.29 bits per heavy atom. The zero-order valence-corrected chi connectivity index (χ0v) is 12.7. The Balaban J connectivity index is 1.83. The molecule has 5 nitrogen and oxygen atoms in total. The van der Waals surface area contributed by atoms with Crippen LogP contribution in [0.15, 0.2) is 0 Å². The Bertz CT molecular complexity index is 598. The van der Waals surface area contributed by atoms with Crippen molar-refractivity contribution in [3.63, 3.8) is 0 Å². The molecule has 21 heavy (non-hydrogen) atoms. The van der Waals surface area contributed by atoms with Crippen LogP contribution in [0.5, 0.6) is 0 Å². The van der Waals surface area contributed by atoms with Gasteiger partial charge >= 0.3 is 0 Å². The summed E-state index contributed by atoms with van der Waals surface area (Å²) in [6.07, 6.45) is 4.77. The average molecular weight is 286 g/mol. The minimum Gasteiger partial charge on any atom is -0.353 e. The largest absolute Gasteiger partial charge is 0.353 e. The van der Waals surface area contributed by atoms with Gasteiger partial charge in [0, 0.05) is 30.6 Å². The lowest BCUT2D eigenvalue weighted by molar-refractivity contribution is 0.0940. The summed E-state index contributed by atoms with van der Waals surface area (Å²) in [4.78, 5) is 24.0. The summed E-state index contributed by atoms with van der Waals surface area (Å²) < 4.78 is 0. The molecule has 112 valence electrons. The van der Waals surface area contributed by atoms with E-state index in [-0.39, 0.29) is 11.8 Å². The number of piperidine rings is 1. The fraction of sp³-hybridized carbons (Fsp3) is 0.688. The van der Waals surface area contributed by atoms with Crippen LogP contribution in [0.3, 0.4) is 0 Å². The molecule has 2 atom stereocenters. The molecule has 4 rings (SSSR count). The second-order valence-electron chi connectivity index (χ2n) is 6.88. The highest BCUT2D eigenvalue weighted by molar-refractivity contribution is 5.96. The fourth-order valence-corrected chi connectivity index (χ4v) is 3.97. The van der Waals surface area contributed by atoms with Crippen LogP contribution >= 0.6 is 0 Å². The van der Waals surface area contributed by atoms with Crippen molar-refractivity contribution in [2.24, 2.45) is 5.92 Å². The summed E-state index contributed by atoms with van der Waals surface area (Å²) in [5.74, 6) is 2.87. The van der Waals surface area contributed by atoms with Crippen LogP contribution in [-0.2, 0) is 6.42 Å². The van der Waals surface area contributed by atoms with Gasteiger partial charge in [-0.1, -0.05) is 13.8 Å². The van der Waals surface area contributed by atoms with E-state index in [0.717, 1.165) is 36.1 Å². The van der Waals surface area contributed by atoms with Crippen LogP contribution in [0, 0.1) is 5.92 Å². The highest BCUT2D eigenvalue weighted by atomic mass is 16.1. The predicted molar refractivity (Wildman–Crippen MR) is 80.6 cm³/mol. The van der Waals surface area contributed by atoms with Crippen LogP contribution < -0.4 is 10.2 Å². The first kappa shape index (κ1) is 13.0. The first-order valence-corrected chi connectivity index (χ1v) is 8.09. The minimum atomic E-state index is -0.0360. The van der Waals surface area contributed by atoms with Crippen molar-refractivity contribution in [2.75, 3.05) is 18.0 Å². The van der Waals surface area contributed by atoms with Crippen molar-refractivity contribution < 1.29 is 4.79 Å². The van der Waals surface area contributed by atoms with Crippen molar-refractivity contribution in [1.29, 1.82) is 0 Å². The molecule has 1 aliphatic carbocycles. The summed E-state index contributed by atoms with van der Waals surface area (Å²) in [5.41, 5.74) is 1.67. The third kappa shape index (κ3) is 2.01. The zero-order chi connectivity index (χ0) is 14.6. The minimum absolute atomic E-state index is 0.0360. The van der Waals surface area contributed by atoms with Crippen LogP contribution in [0.25, 0.3) is 0 Å². The predicted octanol–water partition coefficient (Wildman–Crippen LogP) is 1.87. The van der Waals surface area contributed by atoms with E-state index < -0.39 is 0 Å². The zero-order valence-electron chi connectivity index (χ0n) is 12.7. The Kier molecular flexibility index (Phi) is 2.91. The summed E-state index contributed by atoms with van der Waals surface area (Å²) in [5, 5.41) is 2.91. The molecule has 1 amide bonds. The Labute approximate surface area is 125 Å². The molecule has 0 aromatic carbocycles. The molecule has 1 aromatic heterocycles. The quantitative estimate of drug-likeness (QED) is 0.902. The third-order valence-corrected chi connectivity index (χ3v) is 5.08. The number of fused-ring (bicyclic) bond motifs is 3. The molecule has 1 N–H and O–H groups in total. The van der Waals surface area contributed by atoms with Crippen molar-refractivity contribution >= 4 is 11.7 Å². The number of hydrogen-bond donors (Lipinski definition) is 1. The van der Waals surface area contributed by atoms with Crippen LogP contribution in [0.1, 0.15) is 60.9 Å². The molecule has 2 aliphatic heterocycles. The number of hydrogen-bond acceptors (Lipinski definition) is 4. The number of nitrogens with zero attached hydrogens (tertiary/aromatic N) is 3. The molecule has 0 radical (unpaired) electrons. The Hall–Kier alpha value is -1.65. The number of rotatable bonds is 2. The number of carbonyl (C=O) groups is 1. The molecule has 5 heteroatoms. The summed E-state index contributed by atoms with van der Waals surface area (Å²) in [6.45, 7) is 5.98. The summed E-state index contributed by atoms with van der Waals surface area (Å²) >= 11 is 0. The molecule has 0 unspecified atom stereocenters. The number of anilines is 1. The van der Waals surface area contributed by atoms with Gasteiger partial charge in [-0.25, -0.2) is 9.97 Å². The molecule has 0 spiro atoms. The Morgan fingerprint density at radius 3 is 2.81 bits per heavy atom. The van der Waals surface area contributed by atoms with Gasteiger partial charge in [0.1, 0.15) is 17.3 Å². The van der Waals surface area contributed by atoms with Gasteiger partial charge in [-0.15, -0.1) is 0 Å². The number of carbonyl (C=O) groups excluding carboxylic acids is 1. The maximum absolute atomic E-state index is 12.2. The first-order chi connectivity index (χ1) is 10.1. The number of nitrogens with one attached hydrogen (secondary N) is 1. The van der Waals surface area contributed by atoms with Crippen LogP contribution in [0.2, 0.25) is 0 Å². The molecule has 3 heterocycles. The second kappa shape index (κ2) is 4.68. The van der Waals surface area contributed by atoms with E-state index >= 15 is 0 Å². The van der Waals surface area contributed by atoms with Gasteiger partial charge in [0.15, 0.2) is 0 Å². The smallest absolute Gasteiger partial charge is 0.270 e. The maximum atomic E-state index is 12.2. The normalized spacial score (nSPS) is 27.2. The van der Waals surface area contributed by atoms with Crippen molar-refractivity contribution in [3.05, 3.63) is 17.1 Å². The second-order valence-corrected chi connectivity index (χ2v) is 6.88. The van der Waals surface area contributed by atoms with E-state index in [0.29, 0.717) is 18.3 Å². The molecular weight excluding hydrogens is 264 g/mol. The lowest BCUT2D eigenvalue weighted by atomic mass is 10.0. The Morgan fingerprint density at radius 2 is 2.14 bits per heavy atom. The van der Waals surface area contributed by atoms with Gasteiger partial charge in [-0.3, -0.25) is 4.79 Å². The first-order valence-electron chi connectivity index (χ1n) is 8.09. The standard InChI is InChI=1S/C16H22N4O/c1-9(2)14-18-13-12(5-6-17-16(13)21)15(19-14)20-8-10-3-4-11(20)7-10/h9-11H,3-8H2,1-2H3,(H,17,21)/t10-,11-/m0/s1. The molecule has 2 bridgehead atoms. The van der Waals surface area contributed by atoms with Crippen LogP contribution in [0.4, 0.5) is 5.82 Å². The van der Waals surface area contributed by atoms with E-state index in [1.807, 2.05) is 0 Å². The molecule has 1 aromatic rings. The van der Waals surface area contributed by atoms with E-state index in [1.54, 1.807) is 0 Å². The topological polar surface area (TPSA) is 58.1 Å². The van der Waals surface area contributed by atoms with E-state index in [4.69, 9.17) is 4.98 Å². The highest BCUT2D eigenvalue weighted by Crippen LogP contribution is 2.41. The van der Waals surface area contributed by atoms with Crippen molar-refractivity contribution in [3.8, 4) is 0 Å². The van der Waals surface area contributed by atoms with E-state index in [1.165, 1.54) is 19.3 Å². The summed E-state index contributed by atoms with van der Waals surface area (Å²) in [6, 6.07) is 0.624. The van der Waals surface area contributed by atoms with E-state index in [9.17, 15) is 4.79 Å². The molecule has 2 fully saturated rings. The van der Waals surface area contributed by atoms with Gasteiger partial charge in [0.2, 0.25) is 0 Å². The molecule has 1 saturated carbocycles. The maximum Gasteiger partial charge on any atom is 0.270 e. The summed E-state index contributed by atoms with van der Waals surface area (Å²) in [7, 11) is 0. The van der Waals surface area contributed by atoms with Gasteiger partial charge in [0.05, 0.1) is 0 Å². The van der Waals surface area contributed by atoms with Crippen molar-refractivity contribution in [1.82, 2.24) is 15.3 Å². The molecule has 3 aliphatic rings. The van der Waals surface area contributed by atoms with Crippen molar-refractivity contribution in [2.45, 2.75) is 51.5 Å². The number of amides is 1. The van der Waals surface area contributed by atoms with Gasteiger partial charge in [0.25, 0.3) is 5.91 Å². The fourth-order valence-electron chi connectivity index (χ4n) is 3.97. The monoisotopic (exact) mass is 286 g/mol. The van der Waals surface area contributed by atoms with Gasteiger partial charge in [-0.05, 0) is 31.6 Å². The third-order valence-electron chi connectivity index (χ3n) is 5.08. The average Bonchev–Trinajstić information content (AvgIpc) is 3.09. The van der Waals surface area contributed by atoms with Gasteiger partial charge in [-0.2, -0.15) is 0 Å².